The summed E-state index contributed by atoms with van der Waals surface area (Å²) in [6.07, 6.45) is 2.83. The monoisotopic (exact) mass is 481 g/mol. The molecule has 1 amide bonds. The standard InChI is InChI=1S/C30H31N3O3/c1-19(2)20-8-10-23(11-9-20)32-30(34)21-6-5-7-24(14-21)33-13-12-25-22(18-33)17-31-27-16-29(36-4)28(35-3)15-26(25)27/h5-11,14-17,19H,12-13,18H2,1-4H3,(H,32,34). The Balaban J connectivity index is 1.36. The number of ether oxygens (including phenoxy) is 2. The van der Waals surface area contributed by atoms with Crippen molar-refractivity contribution >= 4 is 28.2 Å². The lowest BCUT2D eigenvalue weighted by molar-refractivity contribution is 0.102. The summed E-state index contributed by atoms with van der Waals surface area (Å²) in [4.78, 5) is 19.9. The lowest BCUT2D eigenvalue weighted by Crippen LogP contribution is -2.30. The van der Waals surface area contributed by atoms with Crippen LogP contribution in [0.2, 0.25) is 0 Å². The molecule has 1 N–H and O–H groups in total. The van der Waals surface area contributed by atoms with Gasteiger partial charge >= 0.3 is 0 Å². The summed E-state index contributed by atoms with van der Waals surface area (Å²) < 4.78 is 11.0. The van der Waals surface area contributed by atoms with Gasteiger partial charge in [0.15, 0.2) is 11.5 Å². The van der Waals surface area contributed by atoms with Gasteiger partial charge in [-0.3, -0.25) is 9.78 Å². The zero-order chi connectivity index (χ0) is 25.2. The maximum atomic E-state index is 13.0. The van der Waals surface area contributed by atoms with Crippen LogP contribution in [0.3, 0.4) is 0 Å². The molecule has 5 rings (SSSR count). The highest BCUT2D eigenvalue weighted by molar-refractivity contribution is 6.04. The molecule has 184 valence electrons. The van der Waals surface area contributed by atoms with Crippen molar-refractivity contribution in [1.29, 1.82) is 0 Å². The molecule has 6 nitrogen and oxygen atoms in total. The predicted molar refractivity (Wildman–Crippen MR) is 145 cm³/mol. The molecule has 0 saturated carbocycles. The third-order valence-corrected chi connectivity index (χ3v) is 6.88. The number of aromatic nitrogens is 1. The molecule has 0 fully saturated rings. The van der Waals surface area contributed by atoms with Crippen molar-refractivity contribution in [3.05, 3.63) is 89.1 Å². The number of fused-ring (bicyclic) bond motifs is 3. The average Bonchev–Trinajstić information content (AvgIpc) is 2.92. The third-order valence-electron chi connectivity index (χ3n) is 6.88. The molecule has 4 aromatic rings. The fraction of sp³-hybridized carbons (Fsp3) is 0.267. The summed E-state index contributed by atoms with van der Waals surface area (Å²) in [5.41, 5.74) is 7.08. The number of nitrogens with zero attached hydrogens (tertiary/aromatic N) is 2. The van der Waals surface area contributed by atoms with Gasteiger partial charge in [0, 0.05) is 47.7 Å². The van der Waals surface area contributed by atoms with Gasteiger partial charge in [0.1, 0.15) is 0 Å². The Morgan fingerprint density at radius 2 is 1.75 bits per heavy atom. The van der Waals surface area contributed by atoms with Crippen molar-refractivity contribution in [2.75, 3.05) is 31.0 Å². The third kappa shape index (κ3) is 4.59. The Kier molecular flexibility index (Phi) is 6.51. The van der Waals surface area contributed by atoms with Gasteiger partial charge in [-0.1, -0.05) is 32.0 Å². The van der Waals surface area contributed by atoms with Gasteiger partial charge in [0.25, 0.3) is 5.91 Å². The molecule has 36 heavy (non-hydrogen) atoms. The molecule has 0 aliphatic carbocycles. The van der Waals surface area contributed by atoms with E-state index >= 15 is 0 Å². The summed E-state index contributed by atoms with van der Waals surface area (Å²) in [6, 6.07) is 19.8. The molecule has 1 aromatic heterocycles. The number of pyridine rings is 1. The quantitative estimate of drug-likeness (QED) is 0.356. The van der Waals surface area contributed by atoms with Gasteiger partial charge in [-0.25, -0.2) is 0 Å². The van der Waals surface area contributed by atoms with Crippen LogP contribution in [0, 0.1) is 0 Å². The molecule has 0 unspecified atom stereocenters. The first-order valence-electron chi connectivity index (χ1n) is 12.3. The lowest BCUT2D eigenvalue weighted by Gasteiger charge is -2.31. The predicted octanol–water partition coefficient (Wildman–Crippen LogP) is 6.19. The van der Waals surface area contributed by atoms with Crippen molar-refractivity contribution in [1.82, 2.24) is 4.98 Å². The second-order valence-corrected chi connectivity index (χ2v) is 9.44. The lowest BCUT2D eigenvalue weighted by atomic mass is 9.96. The molecule has 0 spiro atoms. The average molecular weight is 482 g/mol. The Morgan fingerprint density at radius 1 is 1.00 bits per heavy atom. The van der Waals surface area contributed by atoms with E-state index in [1.54, 1.807) is 14.2 Å². The summed E-state index contributed by atoms with van der Waals surface area (Å²) in [6.45, 7) is 5.89. The minimum atomic E-state index is -0.111. The summed E-state index contributed by atoms with van der Waals surface area (Å²) in [7, 11) is 3.29. The minimum absolute atomic E-state index is 0.111. The molecule has 0 atom stereocenters. The highest BCUT2D eigenvalue weighted by Crippen LogP contribution is 2.36. The Bertz CT molecular complexity index is 1410. The number of hydrogen-bond acceptors (Lipinski definition) is 5. The van der Waals surface area contributed by atoms with E-state index in [0.717, 1.165) is 41.8 Å². The largest absolute Gasteiger partial charge is 0.493 e. The van der Waals surface area contributed by atoms with Crippen LogP contribution < -0.4 is 19.7 Å². The van der Waals surface area contributed by atoms with Crippen molar-refractivity contribution in [2.24, 2.45) is 0 Å². The van der Waals surface area contributed by atoms with Crippen molar-refractivity contribution in [3.63, 3.8) is 0 Å². The van der Waals surface area contributed by atoms with E-state index < -0.39 is 0 Å². The van der Waals surface area contributed by atoms with E-state index in [1.807, 2.05) is 48.7 Å². The van der Waals surface area contributed by atoms with Crippen LogP contribution >= 0.6 is 0 Å². The minimum Gasteiger partial charge on any atom is -0.493 e. The summed E-state index contributed by atoms with van der Waals surface area (Å²) in [5, 5.41) is 4.12. The first-order chi connectivity index (χ1) is 17.5. The number of methoxy groups -OCH3 is 2. The van der Waals surface area contributed by atoms with E-state index in [2.05, 4.69) is 47.2 Å². The van der Waals surface area contributed by atoms with Crippen LogP contribution in [-0.4, -0.2) is 31.7 Å². The fourth-order valence-corrected chi connectivity index (χ4v) is 4.80. The maximum Gasteiger partial charge on any atom is 0.255 e. The van der Waals surface area contributed by atoms with Gasteiger partial charge in [0.05, 0.1) is 19.7 Å². The van der Waals surface area contributed by atoms with Gasteiger partial charge in [0.2, 0.25) is 0 Å². The summed E-state index contributed by atoms with van der Waals surface area (Å²) in [5.74, 6) is 1.74. The normalized spacial score (nSPS) is 13.0. The molecule has 6 heteroatoms. The first kappa shape index (κ1) is 23.7. The molecule has 3 aromatic carbocycles. The number of benzene rings is 3. The van der Waals surface area contributed by atoms with E-state index in [1.165, 1.54) is 16.7 Å². The summed E-state index contributed by atoms with van der Waals surface area (Å²) >= 11 is 0. The SMILES string of the molecule is COc1cc2ncc3c(c2cc1OC)CCN(c1cccc(C(=O)Nc2ccc(C(C)C)cc2)c1)C3. The topological polar surface area (TPSA) is 63.7 Å². The first-order valence-corrected chi connectivity index (χ1v) is 12.3. The van der Waals surface area contributed by atoms with Gasteiger partial charge < -0.3 is 19.7 Å². The van der Waals surface area contributed by atoms with Crippen LogP contribution in [0.15, 0.2) is 66.9 Å². The zero-order valence-electron chi connectivity index (χ0n) is 21.2. The van der Waals surface area contributed by atoms with Crippen LogP contribution in [0.1, 0.15) is 46.8 Å². The number of anilines is 2. The highest BCUT2D eigenvalue weighted by Gasteiger charge is 2.21. The number of rotatable bonds is 6. The number of carbonyl (C=O) groups excluding carboxylic acids is 1. The number of nitrogens with one attached hydrogen (secondary N) is 1. The highest BCUT2D eigenvalue weighted by atomic mass is 16.5. The van der Waals surface area contributed by atoms with Gasteiger partial charge in [-0.2, -0.15) is 0 Å². The Morgan fingerprint density at radius 3 is 2.47 bits per heavy atom. The van der Waals surface area contributed by atoms with Crippen molar-refractivity contribution < 1.29 is 14.3 Å². The fourth-order valence-electron chi connectivity index (χ4n) is 4.80. The zero-order valence-corrected chi connectivity index (χ0v) is 21.2. The second-order valence-electron chi connectivity index (χ2n) is 9.44. The Labute approximate surface area is 211 Å². The van der Waals surface area contributed by atoms with E-state index in [9.17, 15) is 4.79 Å². The van der Waals surface area contributed by atoms with Crippen molar-refractivity contribution in [2.45, 2.75) is 32.7 Å². The molecule has 1 aliphatic heterocycles. The number of amides is 1. The van der Waals surface area contributed by atoms with Crippen LogP contribution in [0.25, 0.3) is 10.9 Å². The van der Waals surface area contributed by atoms with E-state index in [-0.39, 0.29) is 5.91 Å². The van der Waals surface area contributed by atoms with Crippen molar-refractivity contribution in [3.8, 4) is 11.5 Å². The van der Waals surface area contributed by atoms with Gasteiger partial charge in [-0.05, 0) is 65.4 Å². The van der Waals surface area contributed by atoms with Crippen LogP contribution in [0.5, 0.6) is 11.5 Å². The number of hydrogen-bond donors (Lipinski definition) is 1. The second kappa shape index (κ2) is 9.90. The molecule has 0 bridgehead atoms. The maximum absolute atomic E-state index is 13.0. The molecule has 0 radical (unpaired) electrons. The van der Waals surface area contributed by atoms with Gasteiger partial charge in [-0.15, -0.1) is 0 Å². The molecule has 1 aliphatic rings. The van der Waals surface area contributed by atoms with Crippen LogP contribution in [0.4, 0.5) is 11.4 Å². The molecular formula is C30H31N3O3. The molecule has 2 heterocycles. The molecule has 0 saturated heterocycles. The van der Waals surface area contributed by atoms with E-state index in [4.69, 9.17) is 9.47 Å². The van der Waals surface area contributed by atoms with Crippen LogP contribution in [-0.2, 0) is 13.0 Å². The van der Waals surface area contributed by atoms with E-state index in [0.29, 0.717) is 23.0 Å². The smallest absolute Gasteiger partial charge is 0.255 e. The number of carbonyl (C=O) groups is 1. The Hall–Kier alpha value is -4.06. The molecular weight excluding hydrogens is 450 g/mol.